The highest BCUT2D eigenvalue weighted by atomic mass is 32.2. The molecule has 1 aliphatic carbocycles. The lowest BCUT2D eigenvalue weighted by atomic mass is 9.98. The summed E-state index contributed by atoms with van der Waals surface area (Å²) in [6.45, 7) is 1.88. The van der Waals surface area contributed by atoms with Gasteiger partial charge in [0.25, 0.3) is 0 Å². The zero-order chi connectivity index (χ0) is 21.1. The summed E-state index contributed by atoms with van der Waals surface area (Å²) in [7, 11) is -4.00. The molecule has 1 atom stereocenters. The summed E-state index contributed by atoms with van der Waals surface area (Å²) in [6, 6.07) is 15.6. The standard InChI is InChI=1S/C23H23N3O3S/c1-16-11-13-18(14-12-16)30(27,28)21(15-24)22-23(29-17-7-3-2-4-8-17)26-20-10-6-5-9-19(20)25-22/h5-6,9-14,17,21H,2-4,7-8H2,1H3/t21-/m0/s1. The van der Waals surface area contributed by atoms with Gasteiger partial charge in [0.15, 0.2) is 5.25 Å². The zero-order valence-electron chi connectivity index (χ0n) is 16.8. The number of aryl methyl sites for hydroxylation is 1. The van der Waals surface area contributed by atoms with Crippen LogP contribution in [0, 0.1) is 18.3 Å². The first-order chi connectivity index (χ1) is 14.5. The maximum absolute atomic E-state index is 13.3. The summed E-state index contributed by atoms with van der Waals surface area (Å²) in [5.41, 5.74) is 2.14. The second-order valence-corrected chi connectivity index (χ2v) is 9.68. The molecule has 0 spiro atoms. The summed E-state index contributed by atoms with van der Waals surface area (Å²) in [6.07, 6.45) is 5.01. The second-order valence-electron chi connectivity index (χ2n) is 7.65. The second kappa shape index (κ2) is 8.41. The van der Waals surface area contributed by atoms with E-state index in [4.69, 9.17) is 4.74 Å². The molecule has 3 aromatic rings. The molecule has 0 amide bonds. The van der Waals surface area contributed by atoms with Crippen LogP contribution in [0.15, 0.2) is 53.4 Å². The molecule has 7 heteroatoms. The molecule has 2 aromatic carbocycles. The van der Waals surface area contributed by atoms with Crippen molar-refractivity contribution in [3.63, 3.8) is 0 Å². The Labute approximate surface area is 176 Å². The molecule has 154 valence electrons. The Kier molecular flexibility index (Phi) is 5.69. The van der Waals surface area contributed by atoms with Crippen LogP contribution < -0.4 is 4.74 Å². The molecule has 0 aliphatic heterocycles. The lowest BCUT2D eigenvalue weighted by molar-refractivity contribution is 0.147. The maximum atomic E-state index is 13.3. The van der Waals surface area contributed by atoms with Gasteiger partial charge in [-0.05, 0) is 56.9 Å². The zero-order valence-corrected chi connectivity index (χ0v) is 17.6. The van der Waals surface area contributed by atoms with Crippen LogP contribution in [-0.4, -0.2) is 24.5 Å². The first kappa shape index (κ1) is 20.3. The fourth-order valence-electron chi connectivity index (χ4n) is 3.74. The van der Waals surface area contributed by atoms with Crippen LogP contribution in [0.5, 0.6) is 5.88 Å². The van der Waals surface area contributed by atoms with Crippen LogP contribution in [0.4, 0.5) is 0 Å². The van der Waals surface area contributed by atoms with E-state index < -0.39 is 15.1 Å². The Morgan fingerprint density at radius 1 is 1.00 bits per heavy atom. The summed E-state index contributed by atoms with van der Waals surface area (Å²) < 4.78 is 32.8. The van der Waals surface area contributed by atoms with E-state index in [1.807, 2.05) is 19.1 Å². The van der Waals surface area contributed by atoms with E-state index in [1.54, 1.807) is 30.3 Å². The molecule has 1 saturated carbocycles. The molecular weight excluding hydrogens is 398 g/mol. The Morgan fingerprint density at radius 3 is 2.27 bits per heavy atom. The van der Waals surface area contributed by atoms with Gasteiger partial charge in [-0.15, -0.1) is 0 Å². The number of sulfone groups is 1. The first-order valence-corrected chi connectivity index (χ1v) is 11.7. The predicted molar refractivity (Wildman–Crippen MR) is 114 cm³/mol. The third-order valence-corrected chi connectivity index (χ3v) is 7.30. The van der Waals surface area contributed by atoms with Gasteiger partial charge in [0.2, 0.25) is 15.7 Å². The van der Waals surface area contributed by atoms with E-state index in [-0.39, 0.29) is 22.6 Å². The predicted octanol–water partition coefficient (Wildman–Crippen LogP) is 4.69. The number of hydrogen-bond acceptors (Lipinski definition) is 6. The van der Waals surface area contributed by atoms with Crippen molar-refractivity contribution >= 4 is 20.9 Å². The summed E-state index contributed by atoms with van der Waals surface area (Å²) >= 11 is 0. The van der Waals surface area contributed by atoms with Gasteiger partial charge in [0.05, 0.1) is 22.0 Å². The van der Waals surface area contributed by atoms with Crippen molar-refractivity contribution in [2.24, 2.45) is 0 Å². The Bertz CT molecular complexity index is 1190. The molecule has 4 rings (SSSR count). The molecule has 1 aromatic heterocycles. The maximum Gasteiger partial charge on any atom is 0.239 e. The largest absolute Gasteiger partial charge is 0.473 e. The fraction of sp³-hybridized carbons (Fsp3) is 0.348. The minimum Gasteiger partial charge on any atom is -0.473 e. The average molecular weight is 422 g/mol. The summed E-state index contributed by atoms with van der Waals surface area (Å²) in [5, 5.41) is 8.38. The molecule has 0 N–H and O–H groups in total. The van der Waals surface area contributed by atoms with Gasteiger partial charge < -0.3 is 4.74 Å². The minimum absolute atomic E-state index is 0.0469. The summed E-state index contributed by atoms with van der Waals surface area (Å²) in [4.78, 5) is 9.17. The molecular formula is C23H23N3O3S. The van der Waals surface area contributed by atoms with Gasteiger partial charge in [-0.1, -0.05) is 36.2 Å². The topological polar surface area (TPSA) is 92.9 Å². The number of fused-ring (bicyclic) bond motifs is 1. The summed E-state index contributed by atoms with van der Waals surface area (Å²) in [5.74, 6) is 0.142. The van der Waals surface area contributed by atoms with E-state index in [1.165, 1.54) is 18.6 Å². The van der Waals surface area contributed by atoms with E-state index in [2.05, 4.69) is 9.97 Å². The van der Waals surface area contributed by atoms with Gasteiger partial charge in [-0.3, -0.25) is 0 Å². The first-order valence-electron chi connectivity index (χ1n) is 10.1. The number of nitrogens with zero attached hydrogens (tertiary/aromatic N) is 3. The molecule has 1 aliphatic rings. The van der Waals surface area contributed by atoms with Gasteiger partial charge >= 0.3 is 0 Å². The molecule has 0 radical (unpaired) electrons. The van der Waals surface area contributed by atoms with E-state index in [9.17, 15) is 13.7 Å². The smallest absolute Gasteiger partial charge is 0.239 e. The third kappa shape index (κ3) is 4.01. The monoisotopic (exact) mass is 421 g/mol. The number of ether oxygens (including phenoxy) is 1. The van der Waals surface area contributed by atoms with Crippen LogP contribution in [0.1, 0.15) is 48.6 Å². The molecule has 1 heterocycles. The molecule has 0 saturated heterocycles. The van der Waals surface area contributed by atoms with E-state index >= 15 is 0 Å². The van der Waals surface area contributed by atoms with Gasteiger partial charge in [0, 0.05) is 0 Å². The lowest BCUT2D eigenvalue weighted by Crippen LogP contribution is -2.23. The molecule has 30 heavy (non-hydrogen) atoms. The highest BCUT2D eigenvalue weighted by Crippen LogP contribution is 2.35. The van der Waals surface area contributed by atoms with Crippen molar-refractivity contribution < 1.29 is 13.2 Å². The van der Waals surface area contributed by atoms with Gasteiger partial charge in [-0.25, -0.2) is 18.4 Å². The van der Waals surface area contributed by atoms with Crippen molar-refractivity contribution in [2.75, 3.05) is 0 Å². The number of aromatic nitrogens is 2. The molecule has 0 unspecified atom stereocenters. The highest BCUT2D eigenvalue weighted by molar-refractivity contribution is 7.92. The van der Waals surface area contributed by atoms with Crippen molar-refractivity contribution in [1.82, 2.24) is 9.97 Å². The minimum atomic E-state index is -4.00. The van der Waals surface area contributed by atoms with Gasteiger partial charge in [-0.2, -0.15) is 5.26 Å². The van der Waals surface area contributed by atoms with Crippen LogP contribution in [0.3, 0.4) is 0 Å². The van der Waals surface area contributed by atoms with E-state index in [0.717, 1.165) is 31.2 Å². The van der Waals surface area contributed by atoms with Crippen molar-refractivity contribution in [3.8, 4) is 11.9 Å². The SMILES string of the molecule is Cc1ccc(S(=O)(=O)[C@@H](C#N)c2nc3ccccc3nc2OC2CCCCC2)cc1. The average Bonchev–Trinajstić information content (AvgIpc) is 2.75. The van der Waals surface area contributed by atoms with E-state index in [0.29, 0.717) is 11.0 Å². The van der Waals surface area contributed by atoms with Crippen molar-refractivity contribution in [1.29, 1.82) is 5.26 Å². The number of nitriles is 1. The van der Waals surface area contributed by atoms with Crippen LogP contribution >= 0.6 is 0 Å². The van der Waals surface area contributed by atoms with Crippen LogP contribution in [0.2, 0.25) is 0 Å². The number of benzene rings is 2. The quantitative estimate of drug-likeness (QED) is 0.593. The van der Waals surface area contributed by atoms with Gasteiger partial charge in [0.1, 0.15) is 11.8 Å². The normalized spacial score (nSPS) is 16.1. The molecule has 1 fully saturated rings. The third-order valence-electron chi connectivity index (χ3n) is 5.42. The lowest BCUT2D eigenvalue weighted by Gasteiger charge is -2.24. The van der Waals surface area contributed by atoms with Crippen LogP contribution in [-0.2, 0) is 9.84 Å². The number of para-hydroxylation sites is 2. The number of rotatable bonds is 5. The highest BCUT2D eigenvalue weighted by Gasteiger charge is 2.35. The van der Waals surface area contributed by atoms with Crippen LogP contribution in [0.25, 0.3) is 11.0 Å². The Morgan fingerprint density at radius 2 is 1.63 bits per heavy atom. The number of hydrogen-bond donors (Lipinski definition) is 0. The van der Waals surface area contributed by atoms with Crippen molar-refractivity contribution in [2.45, 2.75) is 55.3 Å². The molecule has 6 nitrogen and oxygen atoms in total. The van der Waals surface area contributed by atoms with Crippen molar-refractivity contribution in [3.05, 3.63) is 59.8 Å². The Balaban J connectivity index is 1.82. The molecule has 0 bridgehead atoms. The Hall–Kier alpha value is -2.98. The fourth-order valence-corrected chi connectivity index (χ4v) is 5.11.